The van der Waals surface area contributed by atoms with Crippen LogP contribution in [-0.2, 0) is 63.1 Å². The van der Waals surface area contributed by atoms with Crippen LogP contribution in [0.3, 0.4) is 0 Å². The van der Waals surface area contributed by atoms with Crippen molar-refractivity contribution in [3.8, 4) is 0 Å². The lowest BCUT2D eigenvalue weighted by molar-refractivity contribution is -0.344. The molecule has 4 aliphatic rings. The van der Waals surface area contributed by atoms with E-state index in [0.717, 1.165) is 0 Å². The van der Waals surface area contributed by atoms with Crippen molar-refractivity contribution in [2.75, 3.05) is 13.2 Å². The number of ether oxygens (including phenoxy) is 6. The van der Waals surface area contributed by atoms with Crippen LogP contribution in [0.2, 0.25) is 36.3 Å². The lowest BCUT2D eigenvalue weighted by Gasteiger charge is -2.68. The van der Waals surface area contributed by atoms with Gasteiger partial charge in [-0.1, -0.05) is 152 Å². The fourth-order valence-corrected chi connectivity index (χ4v) is 17.3. The Morgan fingerprint density at radius 3 is 1.89 bits per heavy atom. The number of rotatable bonds is 21. The molecule has 2 bridgehead atoms. The smallest absolute Gasteiger partial charge is 0.407 e. The Hall–Kier alpha value is -6.82. The van der Waals surface area contributed by atoms with Crippen molar-refractivity contribution in [1.29, 1.82) is 0 Å². The van der Waals surface area contributed by atoms with E-state index in [4.69, 9.17) is 37.3 Å². The summed E-state index contributed by atoms with van der Waals surface area (Å²) in [6, 6.07) is 35.2. The van der Waals surface area contributed by atoms with Crippen LogP contribution in [-0.4, -0.2) is 124 Å². The van der Waals surface area contributed by atoms with Crippen molar-refractivity contribution >= 4 is 58.3 Å². The van der Waals surface area contributed by atoms with Gasteiger partial charge in [0.05, 0.1) is 35.6 Å². The topological polar surface area (TPSA) is 238 Å². The molecule has 0 spiro atoms. The van der Waals surface area contributed by atoms with Crippen LogP contribution in [0.4, 0.5) is 4.79 Å². The maximum atomic E-state index is 17.1. The Labute approximate surface area is 513 Å². The minimum absolute atomic E-state index is 0.00863. The summed E-state index contributed by atoms with van der Waals surface area (Å²) in [6.45, 7) is 22.6. The van der Waals surface area contributed by atoms with Crippen LogP contribution in [0.1, 0.15) is 127 Å². The van der Waals surface area contributed by atoms with Crippen LogP contribution < -0.4 is 10.6 Å². The van der Waals surface area contributed by atoms with Gasteiger partial charge in [0, 0.05) is 30.7 Å². The van der Waals surface area contributed by atoms with Crippen LogP contribution in [0.15, 0.2) is 132 Å². The van der Waals surface area contributed by atoms with Crippen molar-refractivity contribution in [2.45, 2.75) is 186 Å². The van der Waals surface area contributed by atoms with E-state index >= 15 is 14.4 Å². The molecule has 3 aliphatic carbocycles. The Bertz CT molecular complexity index is 3180. The van der Waals surface area contributed by atoms with Crippen LogP contribution in [0.5, 0.6) is 0 Å². The fourth-order valence-electron chi connectivity index (χ4n) is 13.2. The molecular formula is C67H86N2O16Si2. The molecule has 1 aliphatic heterocycles. The number of alkyl carbamates (subject to hydrolysis) is 1. The highest BCUT2D eigenvalue weighted by Crippen LogP contribution is 2.65. The second-order valence-corrected chi connectivity index (χ2v) is 35.3. The average Bonchev–Trinajstić information content (AvgIpc) is 0.673. The molecule has 4 aromatic rings. The van der Waals surface area contributed by atoms with Gasteiger partial charge >= 0.3 is 30.0 Å². The van der Waals surface area contributed by atoms with E-state index in [1.165, 1.54) is 6.92 Å². The number of nitrogens with one attached hydrogen (secondary N) is 2. The summed E-state index contributed by atoms with van der Waals surface area (Å²) in [5, 5.41) is 19.7. The van der Waals surface area contributed by atoms with E-state index in [1.807, 2.05) is 60.7 Å². The molecule has 2 unspecified atom stereocenters. The largest absolute Gasteiger partial charge is 0.456 e. The normalized spacial score (nSPS) is 26.6. The van der Waals surface area contributed by atoms with E-state index in [1.54, 1.807) is 143 Å². The molecular weight excluding hydrogens is 1140 g/mol. The lowest BCUT2D eigenvalue weighted by atomic mass is 9.44. The number of ketones is 1. The van der Waals surface area contributed by atoms with E-state index in [2.05, 4.69) is 10.6 Å². The SMILES string of the molecule is CC[Si](CC)(CC)O[C@H]1CC2OC[C@@]2(OC(C)=O)[C@H]2[C@H](OC(=O)c3ccccc3)[C@]3(O)C[C@H](OC(=O)[C@H](O[Si](C)(C)C(C)(C)C)[C@@H](NC(=O)c4ccccc4)c4ccccc4)C(C)=C([C@@H](OC(=O)CNC(=O)OCc4ccccc4)C(=O)C12C)C3(C)C. The molecule has 0 radical (unpaired) electrons. The minimum atomic E-state index is -3.02. The van der Waals surface area contributed by atoms with Gasteiger partial charge < -0.3 is 53.0 Å². The number of Topliss-reactive ketones (excluding diaryl/α,β-unsaturated/α-hetero) is 1. The third kappa shape index (κ3) is 13.0. The Kier molecular flexibility index (Phi) is 19.8. The molecule has 3 fully saturated rings. The summed E-state index contributed by atoms with van der Waals surface area (Å²) >= 11 is 0. The van der Waals surface area contributed by atoms with Gasteiger partial charge in [-0.3, -0.25) is 19.2 Å². The highest BCUT2D eigenvalue weighted by molar-refractivity contribution is 6.74. The first-order valence-electron chi connectivity index (χ1n) is 30.2. The van der Waals surface area contributed by atoms with E-state index < -0.39 is 147 Å². The maximum absolute atomic E-state index is 17.1. The number of esters is 4. The Balaban J connectivity index is 1.35. The summed E-state index contributed by atoms with van der Waals surface area (Å²) < 4.78 is 53.0. The number of amides is 2. The molecule has 11 atom stereocenters. The summed E-state index contributed by atoms with van der Waals surface area (Å²) in [5.41, 5.74) is -6.16. The van der Waals surface area contributed by atoms with E-state index in [0.29, 0.717) is 34.8 Å². The van der Waals surface area contributed by atoms with Crippen LogP contribution >= 0.6 is 0 Å². The number of carbonyl (C=O) groups is 7. The zero-order valence-electron chi connectivity index (χ0n) is 52.4. The van der Waals surface area contributed by atoms with Gasteiger partial charge in [0.2, 0.25) is 0 Å². The third-order valence-electron chi connectivity index (χ3n) is 19.5. The summed E-state index contributed by atoms with van der Waals surface area (Å²) in [5.74, 6) is -6.47. The molecule has 2 amide bonds. The van der Waals surface area contributed by atoms with E-state index in [9.17, 15) is 24.3 Å². The van der Waals surface area contributed by atoms with Crippen molar-refractivity contribution in [1.82, 2.24) is 10.6 Å². The molecule has 18 nitrogen and oxygen atoms in total. The molecule has 87 heavy (non-hydrogen) atoms. The number of hydrogen-bond acceptors (Lipinski definition) is 16. The third-order valence-corrected chi connectivity index (χ3v) is 28.6. The van der Waals surface area contributed by atoms with Crippen molar-refractivity contribution in [3.63, 3.8) is 0 Å². The van der Waals surface area contributed by atoms with E-state index in [-0.39, 0.29) is 36.3 Å². The summed E-state index contributed by atoms with van der Waals surface area (Å²) in [6.07, 6.45) is -10.4. The first-order chi connectivity index (χ1) is 41.0. The highest BCUT2D eigenvalue weighted by Gasteiger charge is 2.79. The average molecular weight is 1230 g/mol. The number of aliphatic hydroxyl groups is 1. The quantitative estimate of drug-likeness (QED) is 0.0304. The van der Waals surface area contributed by atoms with Crippen molar-refractivity contribution in [2.24, 2.45) is 16.7 Å². The number of benzene rings is 4. The molecule has 4 aromatic carbocycles. The van der Waals surface area contributed by atoms with Gasteiger partial charge in [0.25, 0.3) is 5.91 Å². The molecule has 20 heteroatoms. The summed E-state index contributed by atoms with van der Waals surface area (Å²) in [4.78, 5) is 104. The molecule has 8 rings (SSSR count). The van der Waals surface area contributed by atoms with Gasteiger partial charge in [-0.05, 0) is 96.7 Å². The fraction of sp³-hybridized carbons (Fsp3) is 0.507. The van der Waals surface area contributed by atoms with Crippen molar-refractivity contribution < 1.29 is 75.9 Å². The van der Waals surface area contributed by atoms with Crippen LogP contribution in [0, 0.1) is 16.7 Å². The summed E-state index contributed by atoms with van der Waals surface area (Å²) in [7, 11) is -5.79. The van der Waals surface area contributed by atoms with Gasteiger partial charge in [-0.2, -0.15) is 0 Å². The first kappa shape index (κ1) is 66.1. The Morgan fingerprint density at radius 2 is 1.34 bits per heavy atom. The first-order valence-corrected chi connectivity index (χ1v) is 35.6. The second kappa shape index (κ2) is 26.1. The van der Waals surface area contributed by atoms with Gasteiger partial charge in [0.1, 0.15) is 37.1 Å². The molecule has 468 valence electrons. The van der Waals surface area contributed by atoms with Crippen molar-refractivity contribution in [3.05, 3.63) is 155 Å². The Morgan fingerprint density at radius 1 is 0.782 bits per heavy atom. The molecule has 0 aromatic heterocycles. The highest BCUT2D eigenvalue weighted by atomic mass is 28.4. The standard InChI is InChI=1S/C67H86N2O16Si2/c1-14-87(15-2,16-3)84-49-37-50-66(41-79-50,83-43(5)70)56-58(82-60(74)47-35-27-20-28-36-47)67(77)38-48(42(4)52(64(67,9)10)54(57(72)65(49,56)11)81-51(71)39-68-62(76)78-40-44-29-21-17-22-30-44)80-61(75)55(85-86(12,13)63(6,7)8)53(45-31-23-18-24-32-45)69-59(73)46-33-25-19-26-34-46/h17-36,48-50,53-56,58,77H,14-16,37-41H2,1-13H3,(H,68,76)(H,69,73)/t48-,49-,50?,53-,54+,55+,56-,58-,65?,66-,67+/m0/s1. The second-order valence-electron chi connectivity index (χ2n) is 25.8. The zero-order valence-corrected chi connectivity index (χ0v) is 54.4. The maximum Gasteiger partial charge on any atom is 0.407 e. The molecule has 1 heterocycles. The number of carbonyl (C=O) groups excluding carboxylic acids is 7. The van der Waals surface area contributed by atoms with Crippen LogP contribution in [0.25, 0.3) is 0 Å². The van der Waals surface area contributed by atoms with Gasteiger partial charge in [0.15, 0.2) is 40.2 Å². The predicted octanol–water partition coefficient (Wildman–Crippen LogP) is 10.7. The number of fused-ring (bicyclic) bond motifs is 5. The zero-order chi connectivity index (χ0) is 63.5. The monoisotopic (exact) mass is 1230 g/mol. The lowest BCUT2D eigenvalue weighted by Crippen LogP contribution is -2.82. The molecule has 2 saturated carbocycles. The van der Waals surface area contributed by atoms with Gasteiger partial charge in [-0.15, -0.1) is 0 Å². The molecule has 1 saturated heterocycles. The number of hydrogen-bond donors (Lipinski definition) is 3. The van der Waals surface area contributed by atoms with Gasteiger partial charge in [-0.25, -0.2) is 14.4 Å². The predicted molar refractivity (Wildman–Crippen MR) is 329 cm³/mol. The minimum Gasteiger partial charge on any atom is -0.456 e. The molecule has 3 N–H and O–H groups in total.